The predicted octanol–water partition coefficient (Wildman–Crippen LogP) is 1.56. The van der Waals surface area contributed by atoms with Gasteiger partial charge < -0.3 is 19.6 Å². The van der Waals surface area contributed by atoms with E-state index in [-0.39, 0.29) is 18.4 Å². The number of anilines is 1. The summed E-state index contributed by atoms with van der Waals surface area (Å²) in [7, 11) is 1.54. The molecule has 1 saturated heterocycles. The minimum Gasteiger partial charge on any atom is -0.481 e. The molecule has 0 spiro atoms. The molecule has 0 saturated carbocycles. The first kappa shape index (κ1) is 17.9. The van der Waals surface area contributed by atoms with Crippen molar-refractivity contribution < 1.29 is 19.4 Å². The van der Waals surface area contributed by atoms with Gasteiger partial charge in [0.25, 0.3) is 5.91 Å². The van der Waals surface area contributed by atoms with E-state index in [1.54, 1.807) is 4.90 Å². The third-order valence-corrected chi connectivity index (χ3v) is 5.18. The van der Waals surface area contributed by atoms with E-state index in [0.29, 0.717) is 13.1 Å². The molecule has 0 bridgehead atoms. The number of carboxylic acid groups (broad SMARTS) is 1. The Bertz CT molecular complexity index is 646. The van der Waals surface area contributed by atoms with Gasteiger partial charge in [0.15, 0.2) is 0 Å². The monoisotopic (exact) mass is 346 g/mol. The highest BCUT2D eigenvalue weighted by Crippen LogP contribution is 2.29. The molecule has 6 heteroatoms. The van der Waals surface area contributed by atoms with Crippen LogP contribution >= 0.6 is 0 Å². The summed E-state index contributed by atoms with van der Waals surface area (Å²) in [4.78, 5) is 27.3. The van der Waals surface area contributed by atoms with Gasteiger partial charge in [0.2, 0.25) is 0 Å². The van der Waals surface area contributed by atoms with Crippen molar-refractivity contribution in [3.05, 3.63) is 29.3 Å². The number of benzene rings is 1. The first-order valence-corrected chi connectivity index (χ1v) is 8.94. The predicted molar refractivity (Wildman–Crippen MR) is 94.9 cm³/mol. The number of hydrogen-bond donors (Lipinski definition) is 1. The minimum absolute atomic E-state index is 0.00188. The Labute approximate surface area is 148 Å². The molecular formula is C19H26N2O4. The van der Waals surface area contributed by atoms with E-state index in [1.807, 2.05) is 6.07 Å². The van der Waals surface area contributed by atoms with Gasteiger partial charge in [-0.05, 0) is 49.4 Å². The van der Waals surface area contributed by atoms with Crippen LogP contribution in [-0.4, -0.2) is 61.8 Å². The maximum atomic E-state index is 12.1. The summed E-state index contributed by atoms with van der Waals surface area (Å²) in [6.45, 7) is 3.34. The van der Waals surface area contributed by atoms with Crippen LogP contribution in [0.3, 0.4) is 0 Å². The topological polar surface area (TPSA) is 70.1 Å². The van der Waals surface area contributed by atoms with E-state index in [0.717, 1.165) is 44.5 Å². The largest absolute Gasteiger partial charge is 0.481 e. The van der Waals surface area contributed by atoms with Gasteiger partial charge in [-0.2, -0.15) is 0 Å². The molecule has 1 aromatic carbocycles. The SMILES string of the molecule is COCC(=O)N1CCc2cc(CCN3CCCC(C(=O)O)C3)ccc21. The Balaban J connectivity index is 1.58. The quantitative estimate of drug-likeness (QED) is 0.846. The van der Waals surface area contributed by atoms with Crippen LogP contribution in [-0.2, 0) is 27.2 Å². The average Bonchev–Trinajstić information content (AvgIpc) is 3.03. The van der Waals surface area contributed by atoms with Gasteiger partial charge in [-0.25, -0.2) is 0 Å². The first-order chi connectivity index (χ1) is 12.1. The first-order valence-electron chi connectivity index (χ1n) is 8.94. The lowest BCUT2D eigenvalue weighted by molar-refractivity contribution is -0.143. The summed E-state index contributed by atoms with van der Waals surface area (Å²) >= 11 is 0. The van der Waals surface area contributed by atoms with Crippen molar-refractivity contribution in [2.24, 2.45) is 5.92 Å². The minimum atomic E-state index is -0.678. The molecule has 25 heavy (non-hydrogen) atoms. The number of nitrogens with zero attached hydrogens (tertiary/aromatic N) is 2. The van der Waals surface area contributed by atoms with Crippen molar-refractivity contribution in [2.75, 3.05) is 44.8 Å². The zero-order valence-electron chi connectivity index (χ0n) is 14.7. The van der Waals surface area contributed by atoms with Crippen LogP contribution in [0.5, 0.6) is 0 Å². The number of aliphatic carboxylic acids is 1. The van der Waals surface area contributed by atoms with Crippen molar-refractivity contribution in [3.8, 4) is 0 Å². The molecule has 0 aromatic heterocycles. The number of likely N-dealkylation sites (tertiary alicyclic amines) is 1. The fourth-order valence-corrected chi connectivity index (χ4v) is 3.82. The molecule has 1 N–H and O–H groups in total. The molecule has 1 aromatic rings. The molecule has 1 amide bonds. The highest BCUT2D eigenvalue weighted by Gasteiger charge is 2.26. The third-order valence-electron chi connectivity index (χ3n) is 5.18. The lowest BCUT2D eigenvalue weighted by atomic mass is 9.97. The number of rotatable bonds is 6. The highest BCUT2D eigenvalue weighted by molar-refractivity contribution is 5.96. The van der Waals surface area contributed by atoms with E-state index >= 15 is 0 Å². The number of carbonyl (C=O) groups is 2. The number of carbonyl (C=O) groups excluding carboxylic acids is 1. The van der Waals surface area contributed by atoms with Crippen molar-refractivity contribution in [3.63, 3.8) is 0 Å². The normalized spacial score (nSPS) is 20.5. The number of ether oxygens (including phenoxy) is 1. The molecular weight excluding hydrogens is 320 g/mol. The summed E-state index contributed by atoms with van der Waals surface area (Å²) in [6.07, 6.45) is 3.53. The maximum Gasteiger partial charge on any atom is 0.307 e. The van der Waals surface area contributed by atoms with Crippen LogP contribution in [0, 0.1) is 5.92 Å². The van der Waals surface area contributed by atoms with Gasteiger partial charge >= 0.3 is 5.97 Å². The second-order valence-electron chi connectivity index (χ2n) is 6.92. The number of fused-ring (bicyclic) bond motifs is 1. The number of hydrogen-bond acceptors (Lipinski definition) is 4. The molecule has 136 valence electrons. The molecule has 0 aliphatic carbocycles. The highest BCUT2D eigenvalue weighted by atomic mass is 16.5. The fraction of sp³-hybridized carbons (Fsp3) is 0.579. The van der Waals surface area contributed by atoms with Gasteiger partial charge in [0, 0.05) is 32.4 Å². The van der Waals surface area contributed by atoms with Gasteiger partial charge in [0.1, 0.15) is 6.61 Å². The zero-order valence-corrected chi connectivity index (χ0v) is 14.7. The Morgan fingerprint density at radius 3 is 2.92 bits per heavy atom. The van der Waals surface area contributed by atoms with E-state index in [2.05, 4.69) is 17.0 Å². The van der Waals surface area contributed by atoms with E-state index in [1.165, 1.54) is 18.2 Å². The summed E-state index contributed by atoms with van der Waals surface area (Å²) in [6, 6.07) is 6.30. The van der Waals surface area contributed by atoms with Crippen LogP contribution < -0.4 is 4.90 Å². The Morgan fingerprint density at radius 2 is 2.16 bits per heavy atom. The van der Waals surface area contributed by atoms with Crippen molar-refractivity contribution >= 4 is 17.6 Å². The molecule has 2 aliphatic rings. The molecule has 1 fully saturated rings. The fourth-order valence-electron chi connectivity index (χ4n) is 3.82. The smallest absolute Gasteiger partial charge is 0.307 e. The summed E-state index contributed by atoms with van der Waals surface area (Å²) in [5.74, 6) is -0.904. The number of carboxylic acids is 1. The molecule has 3 rings (SSSR count). The lowest BCUT2D eigenvalue weighted by Crippen LogP contribution is -2.39. The molecule has 0 radical (unpaired) electrons. The van der Waals surface area contributed by atoms with Crippen LogP contribution in [0.25, 0.3) is 0 Å². The summed E-state index contributed by atoms with van der Waals surface area (Å²) in [5, 5.41) is 9.19. The number of methoxy groups -OCH3 is 1. The Morgan fingerprint density at radius 1 is 1.32 bits per heavy atom. The van der Waals surface area contributed by atoms with E-state index < -0.39 is 5.97 Å². The van der Waals surface area contributed by atoms with Crippen LogP contribution in [0.1, 0.15) is 24.0 Å². The van der Waals surface area contributed by atoms with Gasteiger partial charge in [-0.1, -0.05) is 12.1 Å². The standard InChI is InChI=1S/C19H26N2O4/c1-25-13-18(22)21-10-7-15-11-14(4-5-17(15)21)6-9-20-8-2-3-16(12-20)19(23)24/h4-5,11,16H,2-3,6-10,12-13H2,1H3,(H,23,24). The van der Waals surface area contributed by atoms with Crippen LogP contribution in [0.2, 0.25) is 0 Å². The number of amides is 1. The number of piperidine rings is 1. The van der Waals surface area contributed by atoms with E-state index in [4.69, 9.17) is 4.74 Å². The summed E-state index contributed by atoms with van der Waals surface area (Å²) in [5.41, 5.74) is 3.45. The second-order valence-corrected chi connectivity index (χ2v) is 6.92. The lowest BCUT2D eigenvalue weighted by Gasteiger charge is -2.30. The average molecular weight is 346 g/mol. The van der Waals surface area contributed by atoms with E-state index in [9.17, 15) is 14.7 Å². The van der Waals surface area contributed by atoms with Crippen molar-refractivity contribution in [1.82, 2.24) is 4.90 Å². The summed E-state index contributed by atoms with van der Waals surface area (Å²) < 4.78 is 4.95. The van der Waals surface area contributed by atoms with Crippen LogP contribution in [0.4, 0.5) is 5.69 Å². The van der Waals surface area contributed by atoms with Gasteiger partial charge in [-0.15, -0.1) is 0 Å². The molecule has 6 nitrogen and oxygen atoms in total. The second kappa shape index (κ2) is 7.97. The van der Waals surface area contributed by atoms with Gasteiger partial charge in [-0.3, -0.25) is 9.59 Å². The Kier molecular flexibility index (Phi) is 5.71. The van der Waals surface area contributed by atoms with Crippen molar-refractivity contribution in [2.45, 2.75) is 25.7 Å². The zero-order chi connectivity index (χ0) is 17.8. The molecule has 2 heterocycles. The molecule has 1 atom stereocenters. The Hall–Kier alpha value is -1.92. The maximum absolute atomic E-state index is 12.1. The molecule has 1 unspecified atom stereocenters. The van der Waals surface area contributed by atoms with Gasteiger partial charge in [0.05, 0.1) is 5.92 Å². The molecule has 2 aliphatic heterocycles. The third kappa shape index (κ3) is 4.19. The van der Waals surface area contributed by atoms with Crippen molar-refractivity contribution in [1.29, 1.82) is 0 Å². The van der Waals surface area contributed by atoms with Crippen LogP contribution in [0.15, 0.2) is 18.2 Å².